The predicted molar refractivity (Wildman–Crippen MR) is 221 cm³/mol. The highest BCUT2D eigenvalue weighted by Gasteiger charge is 2.17. The zero-order valence-electron chi connectivity index (χ0n) is 27.0. The summed E-state index contributed by atoms with van der Waals surface area (Å²) >= 11 is 3.79. The van der Waals surface area contributed by atoms with Crippen LogP contribution >= 0.6 is 22.7 Å². The molecule has 9 aromatic carbocycles. The van der Waals surface area contributed by atoms with Crippen LogP contribution in [0.4, 0.5) is 0 Å². The molecule has 0 atom stereocenters. The molecule has 232 valence electrons. The SMILES string of the molecule is c1ccc2cc(-c3c4ccccc4c(-c4ccc(-c5ccc6sc7cc8sc9ccccc9c8cc7c6c5)cc4)c4ccccc34)ccc2c1. The molecule has 0 saturated heterocycles. The van der Waals surface area contributed by atoms with E-state index in [9.17, 15) is 0 Å². The van der Waals surface area contributed by atoms with Crippen LogP contribution in [0.3, 0.4) is 0 Å². The van der Waals surface area contributed by atoms with Crippen LogP contribution < -0.4 is 0 Å². The van der Waals surface area contributed by atoms with Gasteiger partial charge in [-0.25, -0.2) is 0 Å². The Morgan fingerprint density at radius 1 is 0.240 bits per heavy atom. The van der Waals surface area contributed by atoms with E-state index in [0.29, 0.717) is 0 Å². The van der Waals surface area contributed by atoms with Crippen LogP contribution in [0.15, 0.2) is 170 Å². The smallest absolute Gasteiger partial charge is 0.0369 e. The molecule has 0 radical (unpaired) electrons. The molecular weight excluding hydrogens is 641 g/mol. The molecule has 11 aromatic rings. The zero-order chi connectivity index (χ0) is 32.8. The highest BCUT2D eigenvalue weighted by Crippen LogP contribution is 2.45. The van der Waals surface area contributed by atoms with Crippen LogP contribution in [-0.2, 0) is 0 Å². The summed E-state index contributed by atoms with van der Waals surface area (Å²) in [6, 6.07) is 63.2. The van der Waals surface area contributed by atoms with Gasteiger partial charge in [0.2, 0.25) is 0 Å². The quantitative estimate of drug-likeness (QED) is 0.164. The van der Waals surface area contributed by atoms with E-state index in [-0.39, 0.29) is 0 Å². The van der Waals surface area contributed by atoms with Crippen molar-refractivity contribution in [2.45, 2.75) is 0 Å². The second-order valence-corrected chi connectivity index (χ2v) is 15.4. The summed E-state index contributed by atoms with van der Waals surface area (Å²) in [6.07, 6.45) is 0. The minimum Gasteiger partial charge on any atom is -0.135 e. The van der Waals surface area contributed by atoms with Crippen LogP contribution in [0.2, 0.25) is 0 Å². The summed E-state index contributed by atoms with van der Waals surface area (Å²) in [5.41, 5.74) is 7.56. The third kappa shape index (κ3) is 4.23. The Labute approximate surface area is 297 Å². The van der Waals surface area contributed by atoms with E-state index in [4.69, 9.17) is 0 Å². The van der Waals surface area contributed by atoms with E-state index in [0.717, 1.165) is 0 Å². The van der Waals surface area contributed by atoms with E-state index in [2.05, 4.69) is 170 Å². The fourth-order valence-electron chi connectivity index (χ4n) is 8.10. The third-order valence-corrected chi connectivity index (χ3v) is 12.7. The fraction of sp³-hybridized carbons (Fsp3) is 0. The molecule has 2 heteroatoms. The topological polar surface area (TPSA) is 0 Å². The van der Waals surface area contributed by atoms with Crippen molar-refractivity contribution in [1.29, 1.82) is 0 Å². The molecule has 11 rings (SSSR count). The lowest BCUT2D eigenvalue weighted by Crippen LogP contribution is -1.91. The highest BCUT2D eigenvalue weighted by molar-refractivity contribution is 7.28. The van der Waals surface area contributed by atoms with Gasteiger partial charge in [0.15, 0.2) is 0 Å². The minimum absolute atomic E-state index is 1.23. The van der Waals surface area contributed by atoms with Crippen molar-refractivity contribution in [3.63, 3.8) is 0 Å². The second kappa shape index (κ2) is 10.9. The van der Waals surface area contributed by atoms with Crippen LogP contribution in [0.25, 0.3) is 106 Å². The van der Waals surface area contributed by atoms with Crippen molar-refractivity contribution in [1.82, 2.24) is 0 Å². The summed E-state index contributed by atoms with van der Waals surface area (Å²) < 4.78 is 5.42. The molecule has 0 aliphatic rings. The van der Waals surface area contributed by atoms with Gasteiger partial charge in [-0.2, -0.15) is 0 Å². The molecule has 0 fully saturated rings. The van der Waals surface area contributed by atoms with Gasteiger partial charge in [-0.1, -0.05) is 133 Å². The van der Waals surface area contributed by atoms with Gasteiger partial charge in [0, 0.05) is 40.3 Å². The maximum Gasteiger partial charge on any atom is 0.0369 e. The molecule has 0 bridgehead atoms. The Balaban J connectivity index is 1.06. The zero-order valence-corrected chi connectivity index (χ0v) is 28.6. The Morgan fingerprint density at radius 3 is 1.42 bits per heavy atom. The lowest BCUT2D eigenvalue weighted by Gasteiger charge is -2.18. The minimum atomic E-state index is 1.23. The van der Waals surface area contributed by atoms with Crippen molar-refractivity contribution in [2.24, 2.45) is 0 Å². The van der Waals surface area contributed by atoms with Gasteiger partial charge in [0.1, 0.15) is 0 Å². The average molecular weight is 669 g/mol. The summed E-state index contributed by atoms with van der Waals surface area (Å²) in [5.74, 6) is 0. The average Bonchev–Trinajstić information content (AvgIpc) is 3.72. The number of fused-ring (bicyclic) bond motifs is 9. The van der Waals surface area contributed by atoms with Crippen LogP contribution in [0.1, 0.15) is 0 Å². The fourth-order valence-corrected chi connectivity index (χ4v) is 10.4. The number of rotatable bonds is 3. The Kier molecular flexibility index (Phi) is 6.09. The van der Waals surface area contributed by atoms with Gasteiger partial charge in [-0.15, -0.1) is 22.7 Å². The first-order valence-corrected chi connectivity index (χ1v) is 18.7. The number of hydrogen-bond donors (Lipinski definition) is 0. The summed E-state index contributed by atoms with van der Waals surface area (Å²) in [7, 11) is 0. The maximum atomic E-state index is 2.42. The first-order chi connectivity index (χ1) is 24.8. The van der Waals surface area contributed by atoms with E-state index in [1.54, 1.807) is 0 Å². The molecule has 0 nitrogen and oxygen atoms in total. The molecule has 2 aromatic heterocycles. The van der Waals surface area contributed by atoms with Crippen molar-refractivity contribution in [3.05, 3.63) is 170 Å². The molecule has 0 saturated carbocycles. The van der Waals surface area contributed by atoms with E-state index in [1.807, 2.05) is 22.7 Å². The Hall–Kier alpha value is -5.80. The molecule has 50 heavy (non-hydrogen) atoms. The lowest BCUT2D eigenvalue weighted by atomic mass is 9.85. The molecule has 0 aliphatic heterocycles. The number of hydrogen-bond acceptors (Lipinski definition) is 2. The normalized spacial score (nSPS) is 12.0. The molecule has 0 amide bonds. The molecule has 0 N–H and O–H groups in total. The van der Waals surface area contributed by atoms with Crippen LogP contribution in [-0.4, -0.2) is 0 Å². The first kappa shape index (κ1) is 28.1. The van der Waals surface area contributed by atoms with Gasteiger partial charge in [0.25, 0.3) is 0 Å². The molecule has 0 spiro atoms. The maximum absolute atomic E-state index is 2.42. The van der Waals surface area contributed by atoms with Crippen molar-refractivity contribution < 1.29 is 0 Å². The van der Waals surface area contributed by atoms with Crippen molar-refractivity contribution in [3.8, 4) is 33.4 Å². The molecule has 2 heterocycles. The predicted octanol–water partition coefficient (Wildman–Crippen LogP) is 14.9. The van der Waals surface area contributed by atoms with Crippen LogP contribution in [0.5, 0.6) is 0 Å². The van der Waals surface area contributed by atoms with E-state index in [1.165, 1.54) is 106 Å². The van der Waals surface area contributed by atoms with E-state index < -0.39 is 0 Å². The number of benzene rings is 9. The van der Waals surface area contributed by atoms with Gasteiger partial charge in [-0.05, 0) is 102 Å². The highest BCUT2D eigenvalue weighted by atomic mass is 32.1. The Bertz CT molecular complexity index is 3080. The first-order valence-electron chi connectivity index (χ1n) is 17.1. The standard InChI is InChI=1S/C48H28S2/c1-2-10-32-25-34(22-19-29(32)9-1)48-38-14-5-3-12-36(38)47(37-13-4-6-15-39(37)48)31-20-17-30(18-21-31)33-23-24-44-40(26-33)42-27-41-35-11-7-8-16-43(35)49-45(41)28-46(42)50-44/h1-28H. The number of thiophene rings is 2. The van der Waals surface area contributed by atoms with Gasteiger partial charge in [-0.3, -0.25) is 0 Å². The molecule has 0 unspecified atom stereocenters. The van der Waals surface area contributed by atoms with E-state index >= 15 is 0 Å². The molecule has 0 aliphatic carbocycles. The summed E-state index contributed by atoms with van der Waals surface area (Å²) in [6.45, 7) is 0. The van der Waals surface area contributed by atoms with Gasteiger partial charge in [0.05, 0.1) is 0 Å². The summed E-state index contributed by atoms with van der Waals surface area (Å²) in [4.78, 5) is 0. The molecular formula is C48H28S2. The van der Waals surface area contributed by atoms with Gasteiger partial charge < -0.3 is 0 Å². The van der Waals surface area contributed by atoms with Gasteiger partial charge >= 0.3 is 0 Å². The monoisotopic (exact) mass is 668 g/mol. The third-order valence-electron chi connectivity index (χ3n) is 10.4. The Morgan fingerprint density at radius 2 is 0.720 bits per heavy atom. The summed E-state index contributed by atoms with van der Waals surface area (Å²) in [5, 5.41) is 13.0. The van der Waals surface area contributed by atoms with Crippen molar-refractivity contribution >= 4 is 95.3 Å². The largest absolute Gasteiger partial charge is 0.135 e. The van der Waals surface area contributed by atoms with Crippen molar-refractivity contribution in [2.75, 3.05) is 0 Å². The second-order valence-electron chi connectivity index (χ2n) is 13.2. The van der Waals surface area contributed by atoms with Crippen LogP contribution in [0, 0.1) is 0 Å². The lowest BCUT2D eigenvalue weighted by molar-refractivity contribution is 1.63.